The summed E-state index contributed by atoms with van der Waals surface area (Å²) >= 11 is 0. The van der Waals surface area contributed by atoms with Crippen molar-refractivity contribution in [3.05, 3.63) is 15.9 Å². The predicted molar refractivity (Wildman–Crippen MR) is 46.4 cm³/mol. The van der Waals surface area contributed by atoms with E-state index in [2.05, 4.69) is 9.97 Å². The van der Waals surface area contributed by atoms with Gasteiger partial charge in [0.25, 0.3) is 5.56 Å². The first-order valence-electron chi connectivity index (χ1n) is 3.75. The van der Waals surface area contributed by atoms with Gasteiger partial charge < -0.3 is 5.73 Å². The molecule has 1 aliphatic rings. The molecule has 6 heteroatoms. The van der Waals surface area contributed by atoms with Gasteiger partial charge in [-0.15, -0.1) is 0 Å². The fourth-order valence-corrected chi connectivity index (χ4v) is 1.33. The first-order chi connectivity index (χ1) is 6.09. The van der Waals surface area contributed by atoms with Crippen LogP contribution in [0.3, 0.4) is 0 Å². The molecule has 0 saturated heterocycles. The molecule has 1 aliphatic heterocycles. The van der Waals surface area contributed by atoms with Crippen molar-refractivity contribution in [3.8, 4) is 0 Å². The minimum Gasteiger partial charge on any atom is -0.369 e. The van der Waals surface area contributed by atoms with Crippen molar-refractivity contribution in [1.29, 1.82) is 0 Å². The number of carbonyl (C=O) groups excluding carboxylic acids is 1. The zero-order valence-electron chi connectivity index (χ0n) is 7.00. The van der Waals surface area contributed by atoms with Gasteiger partial charge in [0.15, 0.2) is 0 Å². The molecule has 0 bridgehead atoms. The first kappa shape index (κ1) is 7.78. The second-order valence-electron chi connectivity index (χ2n) is 2.88. The van der Waals surface area contributed by atoms with Crippen molar-refractivity contribution in [2.24, 2.45) is 0 Å². The topological polar surface area (TPSA) is 92.1 Å². The molecule has 0 fully saturated rings. The number of carbonyl (C=O) groups is 1. The second-order valence-corrected chi connectivity index (χ2v) is 2.88. The summed E-state index contributed by atoms with van der Waals surface area (Å²) in [6.07, 6.45) is 0.106. The Hall–Kier alpha value is -1.85. The molecule has 1 aromatic rings. The normalized spacial score (nSPS) is 14.8. The third kappa shape index (κ3) is 0.986. The molecule has 0 unspecified atom stereocenters. The second kappa shape index (κ2) is 2.32. The summed E-state index contributed by atoms with van der Waals surface area (Å²) in [6, 6.07) is 0. The van der Waals surface area contributed by atoms with Gasteiger partial charge in [0.1, 0.15) is 5.82 Å². The lowest BCUT2D eigenvalue weighted by molar-refractivity contribution is -0.117. The number of amides is 1. The van der Waals surface area contributed by atoms with Crippen LogP contribution in [-0.4, -0.2) is 22.9 Å². The molecule has 6 nitrogen and oxygen atoms in total. The van der Waals surface area contributed by atoms with E-state index in [0.717, 1.165) is 0 Å². The highest BCUT2D eigenvalue weighted by atomic mass is 16.2. The summed E-state index contributed by atoms with van der Waals surface area (Å²) in [5.41, 5.74) is 5.39. The molecule has 1 amide bonds. The predicted octanol–water partition coefficient (Wildman–Crippen LogP) is -1.13. The molecule has 0 aromatic carbocycles. The van der Waals surface area contributed by atoms with Crippen LogP contribution in [0.25, 0.3) is 0 Å². The Kier molecular flexibility index (Phi) is 1.39. The molecule has 0 aliphatic carbocycles. The van der Waals surface area contributed by atoms with Crippen LogP contribution in [0.1, 0.15) is 5.56 Å². The van der Waals surface area contributed by atoms with Crippen molar-refractivity contribution < 1.29 is 4.79 Å². The maximum absolute atomic E-state index is 11.3. The Balaban J connectivity index is 2.71. The number of rotatable bonds is 0. The zero-order valence-corrected chi connectivity index (χ0v) is 7.00. The molecule has 0 saturated carbocycles. The SMILES string of the molecule is CN1C(=O)Cc2c1nc(N)[nH]c2=O. The standard InChI is InChI=1S/C7H8N4O2/c1-11-4(12)2-3-5(11)9-7(8)10-6(3)13/h2H2,1H3,(H3,8,9,10,13). The van der Waals surface area contributed by atoms with Crippen molar-refractivity contribution >= 4 is 17.7 Å². The number of H-pyrrole nitrogens is 1. The average molecular weight is 180 g/mol. The number of hydrogen-bond donors (Lipinski definition) is 2. The molecular formula is C7H8N4O2. The smallest absolute Gasteiger partial charge is 0.258 e. The Morgan fingerprint density at radius 2 is 2.23 bits per heavy atom. The fraction of sp³-hybridized carbons (Fsp3) is 0.286. The van der Waals surface area contributed by atoms with Crippen LogP contribution in [-0.2, 0) is 11.2 Å². The summed E-state index contributed by atoms with van der Waals surface area (Å²) in [5.74, 6) is 0.259. The van der Waals surface area contributed by atoms with E-state index >= 15 is 0 Å². The summed E-state index contributed by atoms with van der Waals surface area (Å²) in [6.45, 7) is 0. The number of nitrogens with one attached hydrogen (secondary N) is 1. The summed E-state index contributed by atoms with van der Waals surface area (Å²) in [7, 11) is 1.57. The number of nitrogens with two attached hydrogens (primary N) is 1. The largest absolute Gasteiger partial charge is 0.369 e. The minimum atomic E-state index is -0.333. The van der Waals surface area contributed by atoms with E-state index in [1.54, 1.807) is 7.05 Å². The van der Waals surface area contributed by atoms with E-state index in [-0.39, 0.29) is 23.8 Å². The summed E-state index contributed by atoms with van der Waals surface area (Å²) in [4.78, 5) is 30.0. The van der Waals surface area contributed by atoms with Crippen LogP contribution in [0.5, 0.6) is 0 Å². The van der Waals surface area contributed by atoms with E-state index in [4.69, 9.17) is 5.73 Å². The number of anilines is 2. The van der Waals surface area contributed by atoms with Crippen molar-refractivity contribution in [3.63, 3.8) is 0 Å². The maximum Gasteiger partial charge on any atom is 0.258 e. The van der Waals surface area contributed by atoms with Crippen molar-refractivity contribution in [2.45, 2.75) is 6.42 Å². The molecule has 3 N–H and O–H groups in total. The Labute approximate surface area is 73.4 Å². The summed E-state index contributed by atoms with van der Waals surface area (Å²) < 4.78 is 0. The minimum absolute atomic E-state index is 0.0327. The Morgan fingerprint density at radius 3 is 2.92 bits per heavy atom. The molecule has 13 heavy (non-hydrogen) atoms. The van der Waals surface area contributed by atoms with Crippen LogP contribution in [0.15, 0.2) is 4.79 Å². The zero-order chi connectivity index (χ0) is 9.59. The van der Waals surface area contributed by atoms with Crippen LogP contribution in [0.4, 0.5) is 11.8 Å². The summed E-state index contributed by atoms with van der Waals surface area (Å²) in [5, 5.41) is 0. The lowest BCUT2D eigenvalue weighted by atomic mass is 10.3. The van der Waals surface area contributed by atoms with Gasteiger partial charge in [-0.25, -0.2) is 0 Å². The van der Waals surface area contributed by atoms with Gasteiger partial charge in [-0.05, 0) is 0 Å². The number of hydrogen-bond acceptors (Lipinski definition) is 4. The highest BCUT2D eigenvalue weighted by Gasteiger charge is 2.28. The molecule has 2 rings (SSSR count). The van der Waals surface area contributed by atoms with Crippen molar-refractivity contribution in [2.75, 3.05) is 17.7 Å². The molecule has 1 aromatic heterocycles. The molecule has 2 heterocycles. The number of nitrogen functional groups attached to an aromatic ring is 1. The fourth-order valence-electron chi connectivity index (χ4n) is 1.33. The van der Waals surface area contributed by atoms with E-state index in [1.807, 2.05) is 0 Å². The van der Waals surface area contributed by atoms with Crippen LogP contribution >= 0.6 is 0 Å². The molecule has 0 atom stereocenters. The third-order valence-electron chi connectivity index (χ3n) is 2.03. The van der Waals surface area contributed by atoms with Gasteiger partial charge in [-0.2, -0.15) is 4.98 Å². The van der Waals surface area contributed by atoms with Gasteiger partial charge in [-0.1, -0.05) is 0 Å². The number of fused-ring (bicyclic) bond motifs is 1. The van der Waals surface area contributed by atoms with E-state index in [0.29, 0.717) is 11.4 Å². The molecule has 68 valence electrons. The number of likely N-dealkylation sites (N-methyl/N-ethyl adjacent to an activating group) is 1. The van der Waals surface area contributed by atoms with Crippen molar-refractivity contribution in [1.82, 2.24) is 9.97 Å². The number of aromatic nitrogens is 2. The highest BCUT2D eigenvalue weighted by Crippen LogP contribution is 2.21. The Bertz CT molecular complexity index is 437. The molecule has 0 radical (unpaired) electrons. The lowest BCUT2D eigenvalue weighted by Crippen LogP contribution is -2.21. The average Bonchev–Trinajstić information content (AvgIpc) is 2.32. The van der Waals surface area contributed by atoms with E-state index in [1.165, 1.54) is 4.90 Å². The number of aromatic amines is 1. The monoisotopic (exact) mass is 180 g/mol. The molecule has 0 spiro atoms. The van der Waals surface area contributed by atoms with Gasteiger partial charge >= 0.3 is 0 Å². The lowest BCUT2D eigenvalue weighted by Gasteiger charge is -2.07. The van der Waals surface area contributed by atoms with Gasteiger partial charge in [-0.3, -0.25) is 19.5 Å². The van der Waals surface area contributed by atoms with Crippen LogP contribution < -0.4 is 16.2 Å². The first-order valence-corrected chi connectivity index (χ1v) is 3.75. The maximum atomic E-state index is 11.3. The van der Waals surface area contributed by atoms with Gasteiger partial charge in [0.2, 0.25) is 11.9 Å². The Morgan fingerprint density at radius 1 is 1.54 bits per heavy atom. The quantitative estimate of drug-likeness (QED) is 0.528. The molecular weight excluding hydrogens is 172 g/mol. The van der Waals surface area contributed by atoms with E-state index < -0.39 is 0 Å². The number of nitrogens with zero attached hydrogens (tertiary/aromatic N) is 2. The third-order valence-corrected chi connectivity index (χ3v) is 2.03. The van der Waals surface area contributed by atoms with E-state index in [9.17, 15) is 9.59 Å². The van der Waals surface area contributed by atoms with Gasteiger partial charge in [0, 0.05) is 7.05 Å². The highest BCUT2D eigenvalue weighted by molar-refractivity contribution is 5.99. The van der Waals surface area contributed by atoms with Crippen LogP contribution in [0, 0.1) is 0 Å². The van der Waals surface area contributed by atoms with Gasteiger partial charge in [0.05, 0.1) is 12.0 Å². The van der Waals surface area contributed by atoms with Crippen LogP contribution in [0.2, 0.25) is 0 Å².